The Labute approximate surface area is 188 Å². The number of carbonyl (C=O) groups is 1. The van der Waals surface area contributed by atoms with Crippen molar-refractivity contribution in [3.63, 3.8) is 0 Å². The Bertz CT molecular complexity index is 889. The third-order valence-electron chi connectivity index (χ3n) is 8.01. The molecule has 4 aliphatic heterocycles. The number of ether oxygens (including phenoxy) is 4. The molecule has 32 heavy (non-hydrogen) atoms. The highest BCUT2D eigenvalue weighted by Crippen LogP contribution is 2.60. The molecule has 2 bridgehead atoms. The third-order valence-corrected chi connectivity index (χ3v) is 8.01. The average molecular weight is 449 g/mol. The number of methoxy groups -OCH3 is 1. The molecule has 1 spiro atoms. The molecule has 4 saturated heterocycles. The van der Waals surface area contributed by atoms with Gasteiger partial charge in [0.25, 0.3) is 0 Å². The molecule has 8 atom stereocenters. The van der Waals surface area contributed by atoms with Crippen LogP contribution in [0, 0.1) is 23.7 Å². The molecule has 0 radical (unpaired) electrons. The van der Waals surface area contributed by atoms with Gasteiger partial charge in [-0.15, -0.1) is 0 Å². The summed E-state index contributed by atoms with van der Waals surface area (Å²) in [6.45, 7) is 6.61. The zero-order valence-electron chi connectivity index (χ0n) is 19.0. The molecule has 4 heterocycles. The molecule has 5 aliphatic rings. The van der Waals surface area contributed by atoms with Crippen molar-refractivity contribution in [3.05, 3.63) is 29.3 Å². The number of hydrogen-bond acceptors (Lipinski definition) is 7. The molecule has 6 rings (SSSR count). The van der Waals surface area contributed by atoms with Crippen LogP contribution in [0.4, 0.5) is 0 Å². The monoisotopic (exact) mass is 448 g/mol. The van der Waals surface area contributed by atoms with Crippen LogP contribution >= 0.6 is 0 Å². The van der Waals surface area contributed by atoms with Gasteiger partial charge in [0.15, 0.2) is 18.2 Å². The topological polar surface area (TPSA) is 92.7 Å². The summed E-state index contributed by atoms with van der Waals surface area (Å²) in [6, 6.07) is 4.97. The first kappa shape index (κ1) is 22.1. The summed E-state index contributed by atoms with van der Waals surface area (Å²) in [5, 5.41) is 9.30. The molecule has 176 valence electrons. The van der Waals surface area contributed by atoms with Gasteiger partial charge < -0.3 is 24.1 Å². The van der Waals surface area contributed by atoms with Crippen LogP contribution in [0.3, 0.4) is 0 Å². The van der Waals surface area contributed by atoms with Crippen molar-refractivity contribution in [1.82, 2.24) is 0 Å². The predicted molar refractivity (Wildman–Crippen MR) is 112 cm³/mol. The van der Waals surface area contributed by atoms with Gasteiger partial charge in [-0.05, 0) is 55.7 Å². The van der Waals surface area contributed by atoms with E-state index in [-0.39, 0.29) is 24.0 Å². The number of rotatable bonds is 5. The molecule has 0 aromatic heterocycles. The van der Waals surface area contributed by atoms with Crippen LogP contribution in [-0.2, 0) is 30.6 Å². The lowest BCUT2D eigenvalue weighted by molar-refractivity contribution is -0.577. The van der Waals surface area contributed by atoms with Crippen molar-refractivity contribution in [2.75, 3.05) is 7.11 Å². The van der Waals surface area contributed by atoms with Crippen molar-refractivity contribution >= 4 is 5.97 Å². The summed E-state index contributed by atoms with van der Waals surface area (Å²) in [4.78, 5) is 23.3. The second-order valence-electron chi connectivity index (χ2n) is 9.92. The molecule has 5 fully saturated rings. The molecule has 8 heteroatoms. The van der Waals surface area contributed by atoms with Gasteiger partial charge in [-0.3, -0.25) is 0 Å². The number of aromatic carboxylic acids is 1. The Kier molecular flexibility index (Phi) is 5.49. The molecule has 1 N–H and O–H groups in total. The molecule has 1 aromatic carbocycles. The van der Waals surface area contributed by atoms with Gasteiger partial charge in [-0.2, -0.15) is 0 Å². The highest BCUT2D eigenvalue weighted by atomic mass is 17.3. The van der Waals surface area contributed by atoms with E-state index in [0.29, 0.717) is 17.6 Å². The van der Waals surface area contributed by atoms with Crippen molar-refractivity contribution in [2.24, 2.45) is 23.7 Å². The lowest BCUT2D eigenvalue weighted by Gasteiger charge is -2.60. The van der Waals surface area contributed by atoms with Crippen molar-refractivity contribution < 1.29 is 38.6 Å². The van der Waals surface area contributed by atoms with Gasteiger partial charge in [0.05, 0.1) is 13.7 Å². The van der Waals surface area contributed by atoms with E-state index in [2.05, 4.69) is 13.8 Å². The van der Waals surface area contributed by atoms with Crippen molar-refractivity contribution in [2.45, 2.75) is 77.0 Å². The Hall–Kier alpha value is -1.71. The van der Waals surface area contributed by atoms with Gasteiger partial charge >= 0.3 is 5.97 Å². The van der Waals surface area contributed by atoms with E-state index < -0.39 is 29.9 Å². The Morgan fingerprint density at radius 2 is 2.00 bits per heavy atom. The summed E-state index contributed by atoms with van der Waals surface area (Å²) < 4.78 is 24.2. The quantitative estimate of drug-likeness (QED) is 0.673. The molecule has 0 unspecified atom stereocenters. The van der Waals surface area contributed by atoms with Crippen LogP contribution in [0.5, 0.6) is 5.75 Å². The number of fused-ring (bicyclic) bond motifs is 2. The third kappa shape index (κ3) is 3.35. The van der Waals surface area contributed by atoms with E-state index in [1.165, 1.54) is 13.2 Å². The highest BCUT2D eigenvalue weighted by molar-refractivity contribution is 5.90. The average Bonchev–Trinajstić information content (AvgIpc) is 3.00. The molecular weight excluding hydrogens is 416 g/mol. The Morgan fingerprint density at radius 3 is 2.75 bits per heavy atom. The van der Waals surface area contributed by atoms with Crippen LogP contribution in [0.2, 0.25) is 0 Å². The fourth-order valence-corrected chi connectivity index (χ4v) is 6.24. The summed E-state index contributed by atoms with van der Waals surface area (Å²) in [5.41, 5.74) is 0.323. The first-order chi connectivity index (χ1) is 15.3. The second-order valence-corrected chi connectivity index (χ2v) is 9.92. The van der Waals surface area contributed by atoms with E-state index in [1.807, 2.05) is 6.92 Å². The SMILES string of the molecule is COc1cc(CO[C@H]2O[C@@H]3O[C@@]4(C)CC[C@H]5[C@H](C)CC[C@@H]([C@H]2C)[C@@]35OO4)ccc1C(=O)O. The minimum atomic E-state index is -1.03. The second kappa shape index (κ2) is 7.95. The summed E-state index contributed by atoms with van der Waals surface area (Å²) in [6.07, 6.45) is 2.87. The maximum Gasteiger partial charge on any atom is 0.339 e. The van der Waals surface area contributed by atoms with E-state index in [1.54, 1.807) is 12.1 Å². The van der Waals surface area contributed by atoms with E-state index in [4.69, 9.17) is 28.7 Å². The number of hydrogen-bond donors (Lipinski definition) is 1. The largest absolute Gasteiger partial charge is 0.496 e. The molecule has 1 aliphatic carbocycles. The van der Waals surface area contributed by atoms with E-state index in [0.717, 1.165) is 31.2 Å². The van der Waals surface area contributed by atoms with Gasteiger partial charge in [0.2, 0.25) is 5.79 Å². The fraction of sp³-hybridized carbons (Fsp3) is 0.708. The van der Waals surface area contributed by atoms with Gasteiger partial charge in [-0.25, -0.2) is 14.6 Å². The van der Waals surface area contributed by atoms with Crippen LogP contribution in [-0.4, -0.2) is 42.2 Å². The van der Waals surface area contributed by atoms with Crippen molar-refractivity contribution in [3.8, 4) is 5.75 Å². The first-order valence-electron chi connectivity index (χ1n) is 11.5. The van der Waals surface area contributed by atoms with Crippen LogP contribution < -0.4 is 4.74 Å². The molecule has 0 amide bonds. The zero-order chi connectivity index (χ0) is 22.7. The van der Waals surface area contributed by atoms with Crippen molar-refractivity contribution in [1.29, 1.82) is 0 Å². The lowest BCUT2D eigenvalue weighted by Crippen LogP contribution is -2.70. The minimum Gasteiger partial charge on any atom is -0.496 e. The minimum absolute atomic E-state index is 0.0797. The highest BCUT2D eigenvalue weighted by Gasteiger charge is 2.69. The van der Waals surface area contributed by atoms with E-state index in [9.17, 15) is 9.90 Å². The normalized spacial score (nSPS) is 42.8. The van der Waals surface area contributed by atoms with Crippen LogP contribution in [0.15, 0.2) is 18.2 Å². The summed E-state index contributed by atoms with van der Waals surface area (Å²) in [5.74, 6) is -0.442. The smallest absolute Gasteiger partial charge is 0.339 e. The molecule has 8 nitrogen and oxygen atoms in total. The van der Waals surface area contributed by atoms with Gasteiger partial charge in [0.1, 0.15) is 11.3 Å². The first-order valence-corrected chi connectivity index (χ1v) is 11.5. The zero-order valence-corrected chi connectivity index (χ0v) is 19.0. The molecular formula is C24H32O8. The maximum atomic E-state index is 11.3. The fourth-order valence-electron chi connectivity index (χ4n) is 6.24. The molecule has 1 saturated carbocycles. The summed E-state index contributed by atoms with van der Waals surface area (Å²) >= 11 is 0. The summed E-state index contributed by atoms with van der Waals surface area (Å²) in [7, 11) is 1.46. The predicted octanol–water partition coefficient (Wildman–Crippen LogP) is 4.12. The van der Waals surface area contributed by atoms with Gasteiger partial charge in [0, 0.05) is 18.3 Å². The standard InChI is InChI=1S/C24H32O8/c1-13-5-8-18-14(2)21(28-12-15-6-7-16(20(25)26)19(11-15)27-4)29-22-24(18)17(13)9-10-23(3,30-22)31-32-24/h6-7,11,13-14,17-18,21-22H,5,8-10,12H2,1-4H3,(H,25,26)/t13-,14-,17+,18+,21+,22-,23-,24-/m1/s1. The van der Waals surface area contributed by atoms with Crippen LogP contribution in [0.1, 0.15) is 62.4 Å². The molecule has 1 aromatic rings. The lowest BCUT2D eigenvalue weighted by atomic mass is 9.58. The maximum absolute atomic E-state index is 11.3. The Balaban J connectivity index is 1.37. The van der Waals surface area contributed by atoms with Gasteiger partial charge in [-0.1, -0.05) is 19.9 Å². The van der Waals surface area contributed by atoms with E-state index >= 15 is 0 Å². The number of carboxylic acid groups (broad SMARTS) is 1. The Morgan fingerprint density at radius 1 is 1.19 bits per heavy atom. The number of benzene rings is 1. The van der Waals surface area contributed by atoms with Crippen LogP contribution in [0.25, 0.3) is 0 Å². The number of carboxylic acids is 1.